The van der Waals surface area contributed by atoms with Gasteiger partial charge in [0.05, 0.1) is 0 Å². The molecule has 0 amide bonds. The van der Waals surface area contributed by atoms with Gasteiger partial charge < -0.3 is 0 Å². The highest BCUT2D eigenvalue weighted by Gasteiger charge is 2.09. The molecule has 0 aromatic heterocycles. The van der Waals surface area contributed by atoms with Crippen LogP contribution in [0.3, 0.4) is 0 Å². The molecule has 0 atom stereocenters. The van der Waals surface area contributed by atoms with Crippen molar-refractivity contribution in [1.29, 1.82) is 0 Å². The maximum absolute atomic E-state index is 2.26. The largest absolute Gasteiger partial charge is 0.0651 e. The molecule has 0 fully saturated rings. The maximum atomic E-state index is 2.26. The highest BCUT2D eigenvalue weighted by molar-refractivity contribution is 5.15. The second kappa shape index (κ2) is 7.49. The van der Waals surface area contributed by atoms with E-state index in [2.05, 4.69) is 71.9 Å². The molecular formula is C16H28. The molecular weight excluding hydrogens is 192 g/mol. The second-order valence-electron chi connectivity index (χ2n) is 6.03. The van der Waals surface area contributed by atoms with Gasteiger partial charge >= 0.3 is 0 Å². The Balaban J connectivity index is 0.000000385. The standard InChI is InChI=1S/C11H16.C5H12/c1-11(2,3)9-10-7-5-4-6-8-10;1-4-5(2)3/h4-8H,9H2,1-3H3;5H,4H2,1-3H3. The fraction of sp³-hybridized carbons (Fsp3) is 0.625. The third kappa shape index (κ3) is 9.76. The monoisotopic (exact) mass is 220 g/mol. The minimum Gasteiger partial charge on any atom is -0.0651 e. The summed E-state index contributed by atoms with van der Waals surface area (Å²) in [4.78, 5) is 0. The van der Waals surface area contributed by atoms with Gasteiger partial charge in [-0.15, -0.1) is 0 Å². The predicted molar refractivity (Wildman–Crippen MR) is 74.7 cm³/mol. The lowest BCUT2D eigenvalue weighted by atomic mass is 9.88. The zero-order chi connectivity index (χ0) is 12.6. The molecule has 0 nitrogen and oxygen atoms in total. The molecule has 0 heterocycles. The molecule has 0 radical (unpaired) electrons. The van der Waals surface area contributed by atoms with E-state index in [0.29, 0.717) is 5.41 Å². The molecule has 92 valence electrons. The van der Waals surface area contributed by atoms with E-state index in [1.165, 1.54) is 12.0 Å². The summed E-state index contributed by atoms with van der Waals surface area (Å²) < 4.78 is 0. The minimum atomic E-state index is 0.404. The summed E-state index contributed by atoms with van der Waals surface area (Å²) in [5.74, 6) is 0.884. The Bertz CT molecular complexity index is 251. The van der Waals surface area contributed by atoms with Crippen molar-refractivity contribution >= 4 is 0 Å². The van der Waals surface area contributed by atoms with Crippen molar-refractivity contribution in [3.8, 4) is 0 Å². The molecule has 0 unspecified atom stereocenters. The Morgan fingerprint density at radius 2 is 1.44 bits per heavy atom. The van der Waals surface area contributed by atoms with Crippen LogP contribution in [-0.4, -0.2) is 0 Å². The van der Waals surface area contributed by atoms with Crippen LogP contribution in [0.1, 0.15) is 53.5 Å². The summed E-state index contributed by atoms with van der Waals surface area (Å²) in [6.45, 7) is 13.4. The van der Waals surface area contributed by atoms with E-state index in [4.69, 9.17) is 0 Å². The summed E-state index contributed by atoms with van der Waals surface area (Å²) in [5.41, 5.74) is 1.83. The SMILES string of the molecule is CC(C)(C)Cc1ccccc1.CCC(C)C. The van der Waals surface area contributed by atoms with Crippen LogP contribution >= 0.6 is 0 Å². The van der Waals surface area contributed by atoms with Crippen LogP contribution in [-0.2, 0) is 6.42 Å². The second-order valence-corrected chi connectivity index (χ2v) is 6.03. The van der Waals surface area contributed by atoms with Crippen LogP contribution in [0.2, 0.25) is 0 Å². The third-order valence-corrected chi connectivity index (χ3v) is 2.39. The van der Waals surface area contributed by atoms with Crippen molar-refractivity contribution in [2.24, 2.45) is 11.3 Å². The van der Waals surface area contributed by atoms with Crippen LogP contribution in [0.4, 0.5) is 0 Å². The van der Waals surface area contributed by atoms with Gasteiger partial charge in [0.25, 0.3) is 0 Å². The smallest absolute Gasteiger partial charge is 0.0230 e. The van der Waals surface area contributed by atoms with Crippen LogP contribution in [0.5, 0.6) is 0 Å². The van der Waals surface area contributed by atoms with Crippen LogP contribution in [0, 0.1) is 11.3 Å². The van der Waals surface area contributed by atoms with Crippen LogP contribution in [0.15, 0.2) is 30.3 Å². The molecule has 1 rings (SSSR count). The van der Waals surface area contributed by atoms with E-state index < -0.39 is 0 Å². The molecule has 0 aliphatic heterocycles. The van der Waals surface area contributed by atoms with Gasteiger partial charge in [0.1, 0.15) is 0 Å². The number of hydrogen-bond donors (Lipinski definition) is 0. The fourth-order valence-corrected chi connectivity index (χ4v) is 1.21. The molecule has 1 aromatic carbocycles. The molecule has 0 spiro atoms. The molecule has 0 heteroatoms. The summed E-state index contributed by atoms with van der Waals surface area (Å²) in [6, 6.07) is 10.6. The Morgan fingerprint density at radius 1 is 1.00 bits per heavy atom. The van der Waals surface area contributed by atoms with Gasteiger partial charge in [-0.05, 0) is 23.3 Å². The lowest BCUT2D eigenvalue weighted by Crippen LogP contribution is -2.08. The van der Waals surface area contributed by atoms with Gasteiger partial charge in [0, 0.05) is 0 Å². The Hall–Kier alpha value is -0.780. The zero-order valence-corrected chi connectivity index (χ0v) is 11.9. The average Bonchev–Trinajstić information content (AvgIpc) is 2.17. The zero-order valence-electron chi connectivity index (χ0n) is 11.9. The number of benzene rings is 1. The topological polar surface area (TPSA) is 0 Å². The molecule has 0 aliphatic carbocycles. The average molecular weight is 220 g/mol. The number of rotatable bonds is 2. The Kier molecular flexibility index (Phi) is 7.12. The van der Waals surface area contributed by atoms with E-state index in [0.717, 1.165) is 12.3 Å². The van der Waals surface area contributed by atoms with E-state index in [9.17, 15) is 0 Å². The van der Waals surface area contributed by atoms with Gasteiger partial charge in [0.2, 0.25) is 0 Å². The lowest BCUT2D eigenvalue weighted by molar-refractivity contribution is 0.411. The predicted octanol–water partition coefficient (Wildman–Crippen LogP) is 5.33. The highest BCUT2D eigenvalue weighted by Crippen LogP contribution is 2.19. The first-order valence-corrected chi connectivity index (χ1v) is 6.39. The lowest BCUT2D eigenvalue weighted by Gasteiger charge is -2.17. The summed E-state index contributed by atoms with van der Waals surface area (Å²) in [5, 5.41) is 0. The van der Waals surface area contributed by atoms with E-state index in [-0.39, 0.29) is 0 Å². The molecule has 0 saturated heterocycles. The van der Waals surface area contributed by atoms with Crippen LogP contribution < -0.4 is 0 Å². The van der Waals surface area contributed by atoms with Gasteiger partial charge in [-0.1, -0.05) is 78.3 Å². The molecule has 0 bridgehead atoms. The first-order valence-electron chi connectivity index (χ1n) is 6.39. The molecule has 0 N–H and O–H groups in total. The summed E-state index contributed by atoms with van der Waals surface area (Å²) in [7, 11) is 0. The van der Waals surface area contributed by atoms with Crippen LogP contribution in [0.25, 0.3) is 0 Å². The van der Waals surface area contributed by atoms with Crippen molar-refractivity contribution < 1.29 is 0 Å². The van der Waals surface area contributed by atoms with Gasteiger partial charge in [0.15, 0.2) is 0 Å². The molecule has 0 saturated carbocycles. The normalized spacial score (nSPS) is 10.9. The van der Waals surface area contributed by atoms with Crippen molar-refractivity contribution in [3.05, 3.63) is 35.9 Å². The Labute approximate surface area is 102 Å². The van der Waals surface area contributed by atoms with Gasteiger partial charge in [-0.25, -0.2) is 0 Å². The van der Waals surface area contributed by atoms with Crippen molar-refractivity contribution in [2.45, 2.75) is 54.4 Å². The maximum Gasteiger partial charge on any atom is -0.0230 e. The molecule has 16 heavy (non-hydrogen) atoms. The van der Waals surface area contributed by atoms with Gasteiger partial charge in [-0.2, -0.15) is 0 Å². The summed E-state index contributed by atoms with van der Waals surface area (Å²) >= 11 is 0. The Morgan fingerprint density at radius 3 is 1.75 bits per heavy atom. The minimum absolute atomic E-state index is 0.404. The summed E-state index contributed by atoms with van der Waals surface area (Å²) in [6.07, 6.45) is 2.47. The first kappa shape index (κ1) is 15.2. The van der Waals surface area contributed by atoms with Crippen molar-refractivity contribution in [3.63, 3.8) is 0 Å². The van der Waals surface area contributed by atoms with Crippen molar-refractivity contribution in [1.82, 2.24) is 0 Å². The highest BCUT2D eigenvalue weighted by atomic mass is 14.1. The number of hydrogen-bond acceptors (Lipinski definition) is 0. The quantitative estimate of drug-likeness (QED) is 0.632. The van der Waals surface area contributed by atoms with Gasteiger partial charge in [-0.3, -0.25) is 0 Å². The molecule has 0 aliphatic rings. The fourth-order valence-electron chi connectivity index (χ4n) is 1.21. The van der Waals surface area contributed by atoms with E-state index in [1.807, 2.05) is 0 Å². The van der Waals surface area contributed by atoms with E-state index >= 15 is 0 Å². The molecule has 1 aromatic rings. The van der Waals surface area contributed by atoms with E-state index in [1.54, 1.807) is 0 Å². The van der Waals surface area contributed by atoms with Crippen molar-refractivity contribution in [2.75, 3.05) is 0 Å². The first-order chi connectivity index (χ1) is 7.35. The third-order valence-electron chi connectivity index (χ3n) is 2.39.